The fraction of sp³-hybridized carbons (Fsp3) is 0.205. The molecular weight excluding hydrogens is 615 g/mol. The fourth-order valence-electron chi connectivity index (χ4n) is 6.07. The Balaban J connectivity index is 1.81. The highest BCUT2D eigenvalue weighted by molar-refractivity contribution is 5.95. The van der Waals surface area contributed by atoms with Crippen LogP contribution in [-0.2, 0) is 0 Å². The van der Waals surface area contributed by atoms with Crippen molar-refractivity contribution in [2.75, 3.05) is 76.0 Å². The molecule has 1 amide bonds. The zero-order chi connectivity index (χ0) is 35.9. The van der Waals surface area contributed by atoms with Gasteiger partial charge in [-0.3, -0.25) is 4.79 Å². The van der Waals surface area contributed by atoms with Crippen molar-refractivity contribution in [3.8, 4) is 0 Å². The molecule has 0 radical (unpaired) electrons. The first-order valence-electron chi connectivity index (χ1n) is 16.9. The summed E-state index contributed by atoms with van der Waals surface area (Å²) < 4.78 is 0. The molecule has 0 unspecified atom stereocenters. The Kier molecular flexibility index (Phi) is 11.1. The number of nitrogens with two attached hydrogens (primary N) is 1. The zero-order valence-corrected chi connectivity index (χ0v) is 30.6. The molecule has 256 valence electrons. The van der Waals surface area contributed by atoms with E-state index in [1.165, 1.54) is 0 Å². The Morgan fingerprint density at radius 1 is 0.460 bits per heavy atom. The van der Waals surface area contributed by atoms with Crippen molar-refractivity contribution in [1.82, 2.24) is 0 Å². The summed E-state index contributed by atoms with van der Waals surface area (Å²) in [6.45, 7) is 0. The first kappa shape index (κ1) is 35.6. The molecule has 0 saturated carbocycles. The van der Waals surface area contributed by atoms with E-state index < -0.39 is 5.91 Å². The molecule has 50 heavy (non-hydrogen) atoms. The SMILES string of the molecule is CN(C)c1ccc(C(=CC(C=C(c2ccc(N(C)C)cc2)c2ccc(N(C)C)cc2)c2ccccc2C(N)=O)c2ccc(N(C)C)cc2)cc1. The van der Waals surface area contributed by atoms with E-state index in [1.807, 2.05) is 80.6 Å². The lowest BCUT2D eigenvalue weighted by Gasteiger charge is -2.21. The monoisotopic (exact) mass is 663 g/mol. The number of carbonyl (C=O) groups is 1. The van der Waals surface area contributed by atoms with Crippen LogP contribution in [0.4, 0.5) is 22.7 Å². The van der Waals surface area contributed by atoms with Gasteiger partial charge in [0, 0.05) is 90.6 Å². The third kappa shape index (κ3) is 8.27. The third-order valence-corrected chi connectivity index (χ3v) is 9.06. The second kappa shape index (κ2) is 15.6. The van der Waals surface area contributed by atoms with Crippen molar-refractivity contribution in [3.63, 3.8) is 0 Å². The maximum Gasteiger partial charge on any atom is 0.249 e. The number of anilines is 4. The molecule has 0 aliphatic rings. The van der Waals surface area contributed by atoms with E-state index in [4.69, 9.17) is 5.73 Å². The maximum atomic E-state index is 12.9. The lowest BCUT2D eigenvalue weighted by molar-refractivity contribution is 0.0999. The van der Waals surface area contributed by atoms with E-state index in [0.717, 1.165) is 61.7 Å². The number of primary amides is 1. The van der Waals surface area contributed by atoms with Crippen molar-refractivity contribution in [2.45, 2.75) is 5.92 Å². The Bertz CT molecular complexity index is 1730. The number of hydrogen-bond donors (Lipinski definition) is 1. The number of rotatable bonds is 12. The van der Waals surface area contributed by atoms with E-state index in [2.05, 4.69) is 129 Å². The van der Waals surface area contributed by atoms with E-state index in [9.17, 15) is 4.79 Å². The summed E-state index contributed by atoms with van der Waals surface area (Å²) in [4.78, 5) is 21.3. The van der Waals surface area contributed by atoms with Gasteiger partial charge < -0.3 is 25.3 Å². The first-order valence-corrected chi connectivity index (χ1v) is 16.9. The highest BCUT2D eigenvalue weighted by Crippen LogP contribution is 2.36. The molecule has 0 aromatic heterocycles. The van der Waals surface area contributed by atoms with Crippen LogP contribution in [0.2, 0.25) is 0 Å². The van der Waals surface area contributed by atoms with Crippen LogP contribution in [-0.4, -0.2) is 62.3 Å². The number of carbonyl (C=O) groups excluding carboxylic acids is 1. The summed E-state index contributed by atoms with van der Waals surface area (Å²) in [5.74, 6) is -0.764. The highest BCUT2D eigenvalue weighted by atomic mass is 16.1. The van der Waals surface area contributed by atoms with Crippen LogP contribution in [0.3, 0.4) is 0 Å². The topological polar surface area (TPSA) is 56.1 Å². The predicted molar refractivity (Wildman–Crippen MR) is 215 cm³/mol. The van der Waals surface area contributed by atoms with Gasteiger partial charge in [0.1, 0.15) is 0 Å². The summed E-state index contributed by atoms with van der Waals surface area (Å²) >= 11 is 0. The summed E-state index contributed by atoms with van der Waals surface area (Å²) in [5.41, 5.74) is 18.3. The van der Waals surface area contributed by atoms with Crippen LogP contribution in [0.5, 0.6) is 0 Å². The van der Waals surface area contributed by atoms with Gasteiger partial charge in [-0.1, -0.05) is 78.9 Å². The van der Waals surface area contributed by atoms with Crippen molar-refractivity contribution < 1.29 is 4.79 Å². The van der Waals surface area contributed by atoms with Gasteiger partial charge in [0.25, 0.3) is 0 Å². The molecule has 0 saturated heterocycles. The van der Waals surface area contributed by atoms with Crippen molar-refractivity contribution >= 4 is 39.8 Å². The van der Waals surface area contributed by atoms with Crippen LogP contribution < -0.4 is 25.3 Å². The molecule has 6 heteroatoms. The van der Waals surface area contributed by atoms with E-state index in [0.29, 0.717) is 5.56 Å². The van der Waals surface area contributed by atoms with E-state index in [-0.39, 0.29) is 5.92 Å². The van der Waals surface area contributed by atoms with Gasteiger partial charge in [-0.05, 0) is 93.6 Å². The molecular formula is C44H49N5O. The fourth-order valence-corrected chi connectivity index (χ4v) is 6.07. The molecule has 5 aromatic rings. The quantitative estimate of drug-likeness (QED) is 0.145. The second-order valence-electron chi connectivity index (χ2n) is 13.4. The molecule has 0 heterocycles. The van der Waals surface area contributed by atoms with Gasteiger partial charge in [0.2, 0.25) is 5.91 Å². The number of benzene rings is 5. The van der Waals surface area contributed by atoms with Gasteiger partial charge >= 0.3 is 0 Å². The van der Waals surface area contributed by atoms with E-state index in [1.54, 1.807) is 0 Å². The Morgan fingerprint density at radius 2 is 0.740 bits per heavy atom. The van der Waals surface area contributed by atoms with E-state index >= 15 is 0 Å². The third-order valence-electron chi connectivity index (χ3n) is 9.06. The standard InChI is InChI=1S/C44H49N5O/c1-46(2)36-21-13-31(14-22-36)42(32-15-23-37(24-16-32)47(3)4)29-35(40-11-9-10-12-41(40)44(45)50)30-43(33-17-25-38(26-18-33)48(5)6)34-19-27-39(28-20-34)49(7)8/h9-30,35H,1-8H3,(H2,45,50). The summed E-state index contributed by atoms with van der Waals surface area (Å²) in [5, 5.41) is 0. The minimum Gasteiger partial charge on any atom is -0.378 e. The molecule has 0 spiro atoms. The number of nitrogens with zero attached hydrogens (tertiary/aromatic N) is 4. The van der Waals surface area contributed by atoms with Crippen LogP contribution in [0, 0.1) is 0 Å². The Morgan fingerprint density at radius 3 is 1.00 bits per heavy atom. The smallest absolute Gasteiger partial charge is 0.249 e. The van der Waals surface area contributed by atoms with Crippen molar-refractivity contribution in [2.24, 2.45) is 5.73 Å². The highest BCUT2D eigenvalue weighted by Gasteiger charge is 2.19. The van der Waals surface area contributed by atoms with Gasteiger partial charge in [-0.2, -0.15) is 0 Å². The lowest BCUT2D eigenvalue weighted by Crippen LogP contribution is -2.15. The maximum absolute atomic E-state index is 12.9. The molecule has 0 fully saturated rings. The minimum absolute atomic E-state index is 0.312. The van der Waals surface area contributed by atoms with Crippen LogP contribution >= 0.6 is 0 Å². The number of allylic oxidation sites excluding steroid dienone is 2. The lowest BCUT2D eigenvalue weighted by atomic mass is 9.85. The summed E-state index contributed by atoms with van der Waals surface area (Å²) in [6.07, 6.45) is 4.55. The molecule has 0 atom stereocenters. The molecule has 0 aliphatic carbocycles. The Labute approximate surface area is 298 Å². The molecule has 5 aromatic carbocycles. The second-order valence-corrected chi connectivity index (χ2v) is 13.4. The zero-order valence-electron chi connectivity index (χ0n) is 30.6. The Hall–Kier alpha value is -5.75. The first-order chi connectivity index (χ1) is 23.9. The van der Waals surface area contributed by atoms with Gasteiger partial charge in [0.15, 0.2) is 0 Å². The van der Waals surface area contributed by atoms with Crippen LogP contribution in [0.1, 0.15) is 44.1 Å². The normalized spacial score (nSPS) is 10.7. The summed E-state index contributed by atoms with van der Waals surface area (Å²) in [7, 11) is 16.4. The average molecular weight is 664 g/mol. The predicted octanol–water partition coefficient (Wildman–Crippen LogP) is 8.40. The minimum atomic E-state index is -0.452. The molecule has 0 bridgehead atoms. The van der Waals surface area contributed by atoms with Gasteiger partial charge in [0.05, 0.1) is 0 Å². The molecule has 2 N–H and O–H groups in total. The number of amides is 1. The van der Waals surface area contributed by atoms with Gasteiger partial charge in [-0.15, -0.1) is 0 Å². The van der Waals surface area contributed by atoms with Crippen LogP contribution in [0.15, 0.2) is 133 Å². The molecule has 5 rings (SSSR count). The van der Waals surface area contributed by atoms with Crippen molar-refractivity contribution in [1.29, 1.82) is 0 Å². The molecule has 0 aliphatic heterocycles. The van der Waals surface area contributed by atoms with Crippen molar-refractivity contribution in [3.05, 3.63) is 167 Å². The molecule has 6 nitrogen and oxygen atoms in total. The summed E-state index contributed by atoms with van der Waals surface area (Å²) in [6, 6.07) is 42.2. The average Bonchev–Trinajstić information content (AvgIpc) is 3.12. The largest absolute Gasteiger partial charge is 0.378 e. The van der Waals surface area contributed by atoms with Crippen LogP contribution in [0.25, 0.3) is 11.1 Å². The van der Waals surface area contributed by atoms with Gasteiger partial charge in [-0.25, -0.2) is 0 Å². The number of hydrogen-bond acceptors (Lipinski definition) is 5.